The summed E-state index contributed by atoms with van der Waals surface area (Å²) < 4.78 is 2.21. The lowest BCUT2D eigenvalue weighted by molar-refractivity contribution is -0.125. The molecule has 1 saturated carbocycles. The van der Waals surface area contributed by atoms with Gasteiger partial charge in [0.25, 0.3) is 0 Å². The number of hydrogen-bond donors (Lipinski definition) is 1. The van der Waals surface area contributed by atoms with Gasteiger partial charge < -0.3 is 9.88 Å². The highest BCUT2D eigenvalue weighted by Crippen LogP contribution is 2.24. The van der Waals surface area contributed by atoms with Crippen LogP contribution in [0.5, 0.6) is 0 Å². The minimum Gasteiger partial charge on any atom is -0.350 e. The highest BCUT2D eigenvalue weighted by atomic mass is 16.1. The first-order valence-electron chi connectivity index (χ1n) is 8.19. The predicted molar refractivity (Wildman–Crippen MR) is 88.5 cm³/mol. The van der Waals surface area contributed by atoms with Crippen molar-refractivity contribution in [2.45, 2.75) is 45.7 Å². The Morgan fingerprint density at radius 1 is 1.18 bits per heavy atom. The third-order valence-electron chi connectivity index (χ3n) is 4.57. The maximum absolute atomic E-state index is 12.1. The van der Waals surface area contributed by atoms with Gasteiger partial charge >= 0.3 is 0 Å². The number of rotatable bonds is 5. The van der Waals surface area contributed by atoms with E-state index in [2.05, 4.69) is 53.3 Å². The molecule has 0 spiro atoms. The number of hydrogen-bond acceptors (Lipinski definition) is 1. The van der Waals surface area contributed by atoms with Crippen molar-refractivity contribution >= 4 is 5.91 Å². The van der Waals surface area contributed by atoms with Gasteiger partial charge in [0.15, 0.2) is 0 Å². The normalized spacial score (nSPS) is 15.1. The van der Waals surface area contributed by atoms with Crippen LogP contribution in [0.1, 0.15) is 42.5 Å². The molecule has 22 heavy (non-hydrogen) atoms. The Morgan fingerprint density at radius 3 is 2.64 bits per heavy atom. The van der Waals surface area contributed by atoms with E-state index in [9.17, 15) is 4.79 Å². The van der Waals surface area contributed by atoms with Crippen LogP contribution in [0.15, 0.2) is 42.6 Å². The van der Waals surface area contributed by atoms with Crippen LogP contribution in [0.25, 0.3) is 0 Å². The fourth-order valence-corrected chi connectivity index (χ4v) is 3.16. The van der Waals surface area contributed by atoms with Gasteiger partial charge in [0, 0.05) is 24.4 Å². The molecule has 0 bridgehead atoms. The molecule has 0 saturated heterocycles. The van der Waals surface area contributed by atoms with Gasteiger partial charge in [0.05, 0.1) is 6.54 Å². The largest absolute Gasteiger partial charge is 0.350 e. The zero-order valence-electron chi connectivity index (χ0n) is 13.2. The highest BCUT2D eigenvalue weighted by Gasteiger charge is 2.22. The molecule has 0 atom stereocenters. The first-order valence-corrected chi connectivity index (χ1v) is 8.19. The van der Waals surface area contributed by atoms with E-state index in [0.29, 0.717) is 6.54 Å². The average molecular weight is 296 g/mol. The molecule has 1 heterocycles. The van der Waals surface area contributed by atoms with E-state index in [1.54, 1.807) is 0 Å². The summed E-state index contributed by atoms with van der Waals surface area (Å²) in [5.41, 5.74) is 3.72. The third kappa shape index (κ3) is 3.59. The van der Waals surface area contributed by atoms with Gasteiger partial charge in [-0.25, -0.2) is 0 Å². The van der Waals surface area contributed by atoms with Crippen LogP contribution in [0.4, 0.5) is 0 Å². The van der Waals surface area contributed by atoms with Crippen LogP contribution >= 0.6 is 0 Å². The molecule has 3 heteroatoms. The van der Waals surface area contributed by atoms with Gasteiger partial charge in [0.2, 0.25) is 5.91 Å². The first-order chi connectivity index (χ1) is 10.7. The smallest absolute Gasteiger partial charge is 0.223 e. The Hall–Kier alpha value is -2.03. The van der Waals surface area contributed by atoms with Crippen molar-refractivity contribution in [3.8, 4) is 0 Å². The monoisotopic (exact) mass is 296 g/mol. The molecule has 1 N–H and O–H groups in total. The predicted octanol–water partition coefficient (Wildman–Crippen LogP) is 3.65. The number of carbonyl (C=O) groups excluding carboxylic acids is 1. The van der Waals surface area contributed by atoms with Crippen molar-refractivity contribution < 1.29 is 4.79 Å². The van der Waals surface area contributed by atoms with E-state index in [1.165, 1.54) is 24.0 Å². The second-order valence-electron chi connectivity index (χ2n) is 6.31. The lowest BCUT2D eigenvalue weighted by Crippen LogP contribution is -2.29. The standard InChI is InChI=1S/C19H24N2O/c1-15-8-10-16(11-9-15)14-21-12-4-7-18(21)13-20-19(22)17-5-2-3-6-17/h4,7-12,17H,2-3,5-6,13-14H2,1H3,(H,20,22). The molecule has 0 radical (unpaired) electrons. The Kier molecular flexibility index (Phi) is 4.62. The molecule has 1 amide bonds. The van der Waals surface area contributed by atoms with Crippen LogP contribution in [0.3, 0.4) is 0 Å². The summed E-state index contributed by atoms with van der Waals surface area (Å²) in [7, 11) is 0. The van der Waals surface area contributed by atoms with E-state index in [0.717, 1.165) is 25.1 Å². The first kappa shape index (κ1) is 14.9. The molecule has 0 unspecified atom stereocenters. The molecule has 1 fully saturated rings. The summed E-state index contributed by atoms with van der Waals surface area (Å²) in [4.78, 5) is 12.1. The molecule has 2 aromatic rings. The number of nitrogens with zero attached hydrogens (tertiary/aromatic N) is 1. The second-order valence-corrected chi connectivity index (χ2v) is 6.31. The van der Waals surface area contributed by atoms with Crippen LogP contribution in [0.2, 0.25) is 0 Å². The van der Waals surface area contributed by atoms with E-state index >= 15 is 0 Å². The number of aryl methyl sites for hydroxylation is 1. The fourth-order valence-electron chi connectivity index (χ4n) is 3.16. The number of benzene rings is 1. The topological polar surface area (TPSA) is 34.0 Å². The fraction of sp³-hybridized carbons (Fsp3) is 0.421. The van der Waals surface area contributed by atoms with Crippen LogP contribution < -0.4 is 5.32 Å². The molecule has 1 aliphatic carbocycles. The molecule has 1 aliphatic rings. The summed E-state index contributed by atoms with van der Waals surface area (Å²) >= 11 is 0. The Morgan fingerprint density at radius 2 is 1.91 bits per heavy atom. The summed E-state index contributed by atoms with van der Waals surface area (Å²) in [5, 5.41) is 3.10. The maximum atomic E-state index is 12.1. The van der Waals surface area contributed by atoms with Gasteiger partial charge in [-0.15, -0.1) is 0 Å². The minimum absolute atomic E-state index is 0.223. The maximum Gasteiger partial charge on any atom is 0.223 e. The van der Waals surface area contributed by atoms with E-state index in [4.69, 9.17) is 0 Å². The summed E-state index contributed by atoms with van der Waals surface area (Å²) in [6, 6.07) is 12.7. The highest BCUT2D eigenvalue weighted by molar-refractivity contribution is 5.78. The number of aromatic nitrogens is 1. The third-order valence-corrected chi connectivity index (χ3v) is 4.57. The van der Waals surface area contributed by atoms with Gasteiger partial charge in [-0.1, -0.05) is 42.7 Å². The van der Waals surface area contributed by atoms with E-state index in [1.807, 2.05) is 6.07 Å². The summed E-state index contributed by atoms with van der Waals surface area (Å²) in [5.74, 6) is 0.459. The Bertz CT molecular complexity index is 621. The van der Waals surface area contributed by atoms with Gasteiger partial charge in [-0.3, -0.25) is 4.79 Å². The number of carbonyl (C=O) groups is 1. The molecule has 3 rings (SSSR count). The lowest BCUT2D eigenvalue weighted by Gasteiger charge is -2.13. The zero-order chi connectivity index (χ0) is 15.4. The minimum atomic E-state index is 0.223. The van der Waals surface area contributed by atoms with Gasteiger partial charge in [-0.2, -0.15) is 0 Å². The van der Waals surface area contributed by atoms with Crippen molar-refractivity contribution in [3.05, 3.63) is 59.4 Å². The van der Waals surface area contributed by atoms with Crippen LogP contribution in [-0.2, 0) is 17.9 Å². The van der Waals surface area contributed by atoms with Crippen LogP contribution in [-0.4, -0.2) is 10.5 Å². The summed E-state index contributed by atoms with van der Waals surface area (Å²) in [6.45, 7) is 3.57. The lowest BCUT2D eigenvalue weighted by atomic mass is 10.1. The van der Waals surface area contributed by atoms with Crippen molar-refractivity contribution in [1.82, 2.24) is 9.88 Å². The van der Waals surface area contributed by atoms with Gasteiger partial charge in [0.1, 0.15) is 0 Å². The van der Waals surface area contributed by atoms with E-state index < -0.39 is 0 Å². The van der Waals surface area contributed by atoms with Crippen LogP contribution in [0, 0.1) is 12.8 Å². The quantitative estimate of drug-likeness (QED) is 0.898. The van der Waals surface area contributed by atoms with E-state index in [-0.39, 0.29) is 11.8 Å². The van der Waals surface area contributed by atoms with Crippen molar-refractivity contribution in [1.29, 1.82) is 0 Å². The van der Waals surface area contributed by atoms with Gasteiger partial charge in [-0.05, 0) is 37.5 Å². The average Bonchev–Trinajstić information content (AvgIpc) is 3.19. The molecule has 1 aromatic heterocycles. The molecular weight excluding hydrogens is 272 g/mol. The Labute approximate surface area is 132 Å². The van der Waals surface area contributed by atoms with Crippen molar-refractivity contribution in [2.75, 3.05) is 0 Å². The molecule has 1 aromatic carbocycles. The second kappa shape index (κ2) is 6.82. The molecule has 3 nitrogen and oxygen atoms in total. The molecular formula is C19H24N2O. The van der Waals surface area contributed by atoms with Crippen molar-refractivity contribution in [2.24, 2.45) is 5.92 Å². The number of nitrogens with one attached hydrogen (secondary N) is 1. The molecule has 116 valence electrons. The summed E-state index contributed by atoms with van der Waals surface area (Å²) in [6.07, 6.45) is 6.58. The zero-order valence-corrected chi connectivity index (χ0v) is 13.2. The molecule has 0 aliphatic heterocycles. The van der Waals surface area contributed by atoms with Crippen molar-refractivity contribution in [3.63, 3.8) is 0 Å². The Balaban J connectivity index is 1.59. The number of amides is 1. The SMILES string of the molecule is Cc1ccc(Cn2cccc2CNC(=O)C2CCCC2)cc1.